The van der Waals surface area contributed by atoms with E-state index in [0.717, 1.165) is 19.3 Å². The number of methoxy groups -OCH3 is 1. The normalized spacial score (nSPS) is 23.3. The molecule has 5 nitrogen and oxygen atoms in total. The molecular formula is C18H29N3O2. The van der Waals surface area contributed by atoms with Gasteiger partial charge in [0.1, 0.15) is 5.75 Å². The molecule has 0 radical (unpaired) electrons. The van der Waals surface area contributed by atoms with Gasteiger partial charge in [-0.3, -0.25) is 9.69 Å². The molecule has 1 aliphatic rings. The zero-order chi connectivity index (χ0) is 17.0. The van der Waals surface area contributed by atoms with Gasteiger partial charge >= 0.3 is 0 Å². The molecular weight excluding hydrogens is 290 g/mol. The maximum atomic E-state index is 12.8. The van der Waals surface area contributed by atoms with Crippen molar-refractivity contribution >= 4 is 17.3 Å². The highest BCUT2D eigenvalue weighted by molar-refractivity contribution is 5.96. The molecule has 0 bridgehead atoms. The van der Waals surface area contributed by atoms with Gasteiger partial charge in [0.15, 0.2) is 0 Å². The summed E-state index contributed by atoms with van der Waals surface area (Å²) in [4.78, 5) is 15.2. The van der Waals surface area contributed by atoms with Crippen molar-refractivity contribution in [3.63, 3.8) is 0 Å². The van der Waals surface area contributed by atoms with Gasteiger partial charge in [-0.2, -0.15) is 0 Å². The number of rotatable bonds is 5. The van der Waals surface area contributed by atoms with E-state index in [9.17, 15) is 4.79 Å². The third-order valence-electron chi connectivity index (χ3n) is 4.79. The van der Waals surface area contributed by atoms with Crippen LogP contribution in [0.15, 0.2) is 18.2 Å². The van der Waals surface area contributed by atoms with Crippen molar-refractivity contribution in [1.82, 2.24) is 4.90 Å². The van der Waals surface area contributed by atoms with Crippen LogP contribution in [0.1, 0.15) is 46.5 Å². The molecule has 1 aliphatic heterocycles. The zero-order valence-corrected chi connectivity index (χ0v) is 14.6. The Kier molecular flexibility index (Phi) is 5.88. The van der Waals surface area contributed by atoms with Gasteiger partial charge in [0.25, 0.3) is 0 Å². The molecule has 0 aromatic heterocycles. The van der Waals surface area contributed by atoms with Crippen molar-refractivity contribution in [3.8, 4) is 5.75 Å². The van der Waals surface area contributed by atoms with Gasteiger partial charge in [0.05, 0.1) is 18.8 Å². The van der Waals surface area contributed by atoms with Gasteiger partial charge < -0.3 is 15.8 Å². The second-order valence-electron chi connectivity index (χ2n) is 6.45. The number of likely N-dealkylation sites (tertiary alicyclic amines) is 1. The molecule has 1 fully saturated rings. The number of nitrogens with zero attached hydrogens (tertiary/aromatic N) is 1. The Balaban J connectivity index is 2.17. The molecule has 3 unspecified atom stereocenters. The van der Waals surface area contributed by atoms with E-state index in [1.165, 1.54) is 6.42 Å². The molecule has 1 aromatic rings. The van der Waals surface area contributed by atoms with Crippen LogP contribution in [0.25, 0.3) is 0 Å². The van der Waals surface area contributed by atoms with Crippen LogP contribution in [0, 0.1) is 0 Å². The first kappa shape index (κ1) is 17.6. The maximum absolute atomic E-state index is 12.8. The topological polar surface area (TPSA) is 67.6 Å². The third kappa shape index (κ3) is 3.96. The number of ether oxygens (including phenoxy) is 1. The molecule has 1 aromatic carbocycles. The van der Waals surface area contributed by atoms with Crippen LogP contribution < -0.4 is 15.8 Å². The minimum atomic E-state index is -0.123. The quantitative estimate of drug-likeness (QED) is 0.818. The van der Waals surface area contributed by atoms with Crippen LogP contribution in [-0.2, 0) is 4.79 Å². The summed E-state index contributed by atoms with van der Waals surface area (Å²) in [5, 5.41) is 3.02. The lowest BCUT2D eigenvalue weighted by molar-refractivity contribution is -0.124. The number of anilines is 2. The van der Waals surface area contributed by atoms with Crippen LogP contribution in [0.3, 0.4) is 0 Å². The summed E-state index contributed by atoms with van der Waals surface area (Å²) in [7, 11) is 1.58. The summed E-state index contributed by atoms with van der Waals surface area (Å²) in [5.41, 5.74) is 7.06. The summed E-state index contributed by atoms with van der Waals surface area (Å²) in [6.07, 6.45) is 4.33. The van der Waals surface area contributed by atoms with Gasteiger partial charge in [-0.05, 0) is 45.2 Å². The molecule has 3 N–H and O–H groups in total. The summed E-state index contributed by atoms with van der Waals surface area (Å²) in [5.74, 6) is 0.615. The first-order valence-corrected chi connectivity index (χ1v) is 8.49. The molecule has 2 rings (SSSR count). The second kappa shape index (κ2) is 7.68. The van der Waals surface area contributed by atoms with E-state index >= 15 is 0 Å². The van der Waals surface area contributed by atoms with Crippen LogP contribution >= 0.6 is 0 Å². The summed E-state index contributed by atoms with van der Waals surface area (Å²) >= 11 is 0. The smallest absolute Gasteiger partial charge is 0.241 e. The average molecular weight is 319 g/mol. The lowest BCUT2D eigenvalue weighted by atomic mass is 9.94. The number of hydrogen-bond donors (Lipinski definition) is 2. The van der Waals surface area contributed by atoms with Gasteiger partial charge in [0.2, 0.25) is 5.91 Å². The van der Waals surface area contributed by atoms with Crippen molar-refractivity contribution in [2.45, 2.75) is 64.6 Å². The van der Waals surface area contributed by atoms with Gasteiger partial charge in [-0.15, -0.1) is 0 Å². The van der Waals surface area contributed by atoms with E-state index in [1.54, 1.807) is 25.3 Å². The van der Waals surface area contributed by atoms with Crippen LogP contribution in [-0.4, -0.2) is 36.0 Å². The summed E-state index contributed by atoms with van der Waals surface area (Å²) in [6, 6.07) is 6.03. The Labute approximate surface area is 139 Å². The Morgan fingerprint density at radius 1 is 1.39 bits per heavy atom. The summed E-state index contributed by atoms with van der Waals surface area (Å²) < 4.78 is 5.32. The van der Waals surface area contributed by atoms with E-state index in [-0.39, 0.29) is 11.9 Å². The van der Waals surface area contributed by atoms with Gasteiger partial charge in [0, 0.05) is 23.8 Å². The number of hydrogen-bond acceptors (Lipinski definition) is 4. The number of carbonyl (C=O) groups is 1. The van der Waals surface area contributed by atoms with Crippen LogP contribution in [0.2, 0.25) is 0 Å². The average Bonchev–Trinajstić information content (AvgIpc) is 2.52. The SMILES string of the molecule is CCC(C(=O)Nc1ccc(N)cc1OC)N1C(C)CCCC1C. The highest BCUT2D eigenvalue weighted by atomic mass is 16.5. The molecule has 0 spiro atoms. The summed E-state index contributed by atoms with van der Waals surface area (Å²) in [6.45, 7) is 6.50. The molecule has 0 aliphatic carbocycles. The van der Waals surface area contributed by atoms with Crippen LogP contribution in [0.5, 0.6) is 5.75 Å². The van der Waals surface area contributed by atoms with E-state index in [2.05, 4.69) is 31.0 Å². The standard InChI is InChI=1S/C18H29N3O2/c1-5-16(21-12(2)7-6-8-13(21)3)18(22)20-15-10-9-14(19)11-17(15)23-4/h9-13,16H,5-8,19H2,1-4H3,(H,20,22). The molecule has 0 saturated carbocycles. The van der Waals surface area contributed by atoms with E-state index in [0.29, 0.717) is 29.2 Å². The van der Waals surface area contributed by atoms with E-state index in [4.69, 9.17) is 10.5 Å². The predicted octanol–water partition coefficient (Wildman–Crippen LogP) is 3.26. The Morgan fingerprint density at radius 2 is 2.04 bits per heavy atom. The molecule has 1 saturated heterocycles. The molecule has 23 heavy (non-hydrogen) atoms. The van der Waals surface area contributed by atoms with Gasteiger partial charge in [-0.25, -0.2) is 0 Å². The Morgan fingerprint density at radius 3 is 2.61 bits per heavy atom. The van der Waals surface area contributed by atoms with E-state index in [1.807, 2.05) is 0 Å². The fourth-order valence-corrected chi connectivity index (χ4v) is 3.61. The highest BCUT2D eigenvalue weighted by Gasteiger charge is 2.34. The molecule has 128 valence electrons. The lowest BCUT2D eigenvalue weighted by Gasteiger charge is -2.43. The minimum absolute atomic E-state index is 0.0242. The number of amides is 1. The lowest BCUT2D eigenvalue weighted by Crippen LogP contribution is -2.54. The fraction of sp³-hybridized carbons (Fsp3) is 0.611. The first-order valence-electron chi connectivity index (χ1n) is 8.49. The Hall–Kier alpha value is -1.75. The van der Waals surface area contributed by atoms with Crippen molar-refractivity contribution in [1.29, 1.82) is 0 Å². The molecule has 1 amide bonds. The van der Waals surface area contributed by atoms with Crippen molar-refractivity contribution in [2.75, 3.05) is 18.2 Å². The fourth-order valence-electron chi connectivity index (χ4n) is 3.61. The number of carbonyl (C=O) groups excluding carboxylic acids is 1. The largest absolute Gasteiger partial charge is 0.494 e. The van der Waals surface area contributed by atoms with Crippen LogP contribution in [0.4, 0.5) is 11.4 Å². The number of nitrogens with one attached hydrogen (secondary N) is 1. The Bertz CT molecular complexity index is 537. The predicted molar refractivity (Wildman–Crippen MR) is 94.7 cm³/mol. The number of nitrogen functional groups attached to an aromatic ring is 1. The zero-order valence-electron chi connectivity index (χ0n) is 14.6. The monoisotopic (exact) mass is 319 g/mol. The van der Waals surface area contributed by atoms with E-state index < -0.39 is 0 Å². The maximum Gasteiger partial charge on any atom is 0.241 e. The molecule has 3 atom stereocenters. The third-order valence-corrected chi connectivity index (χ3v) is 4.79. The first-order chi connectivity index (χ1) is 11.0. The second-order valence-corrected chi connectivity index (χ2v) is 6.45. The number of benzene rings is 1. The highest BCUT2D eigenvalue weighted by Crippen LogP contribution is 2.29. The van der Waals surface area contributed by atoms with Crippen molar-refractivity contribution in [2.24, 2.45) is 0 Å². The minimum Gasteiger partial charge on any atom is -0.494 e. The number of piperidine rings is 1. The van der Waals surface area contributed by atoms with Crippen molar-refractivity contribution < 1.29 is 9.53 Å². The van der Waals surface area contributed by atoms with Crippen molar-refractivity contribution in [3.05, 3.63) is 18.2 Å². The van der Waals surface area contributed by atoms with Gasteiger partial charge in [-0.1, -0.05) is 13.3 Å². The molecule has 5 heteroatoms. The molecule has 1 heterocycles. The number of nitrogens with two attached hydrogens (primary N) is 1.